The number of pyridine rings is 1. The van der Waals surface area contributed by atoms with Gasteiger partial charge < -0.3 is 10.1 Å². The van der Waals surface area contributed by atoms with Gasteiger partial charge in [0.15, 0.2) is 5.54 Å². The van der Waals surface area contributed by atoms with E-state index in [-0.39, 0.29) is 12.4 Å². The van der Waals surface area contributed by atoms with E-state index in [1.54, 1.807) is 50.5 Å². The largest absolute Gasteiger partial charge is 0.464 e. The molecule has 1 aromatic heterocycles. The SMILES string of the molecule is CCOC(=O)C(C)(Nc1cccc(F)c1)c1cccnc1. The van der Waals surface area contributed by atoms with Crippen LogP contribution in [-0.2, 0) is 15.1 Å². The third kappa shape index (κ3) is 3.37. The average molecular weight is 288 g/mol. The molecule has 0 amide bonds. The van der Waals surface area contributed by atoms with Crippen LogP contribution in [0.25, 0.3) is 0 Å². The van der Waals surface area contributed by atoms with E-state index in [2.05, 4.69) is 10.3 Å². The van der Waals surface area contributed by atoms with Crippen LogP contribution in [0.2, 0.25) is 0 Å². The number of nitrogens with zero attached hydrogens (tertiary/aromatic N) is 1. The lowest BCUT2D eigenvalue weighted by molar-refractivity contribution is -0.148. The summed E-state index contributed by atoms with van der Waals surface area (Å²) in [4.78, 5) is 16.4. The molecule has 0 aliphatic heterocycles. The molecule has 110 valence electrons. The molecule has 0 bridgehead atoms. The molecular weight excluding hydrogens is 271 g/mol. The number of anilines is 1. The van der Waals surface area contributed by atoms with Gasteiger partial charge in [-0.25, -0.2) is 9.18 Å². The molecule has 5 heteroatoms. The summed E-state index contributed by atoms with van der Waals surface area (Å²) in [6, 6.07) is 9.45. The number of carbonyl (C=O) groups excluding carboxylic acids is 1. The van der Waals surface area contributed by atoms with Gasteiger partial charge in [-0.3, -0.25) is 4.98 Å². The minimum Gasteiger partial charge on any atom is -0.464 e. The van der Waals surface area contributed by atoms with E-state index in [4.69, 9.17) is 4.74 Å². The Hall–Kier alpha value is -2.43. The first-order valence-corrected chi connectivity index (χ1v) is 6.67. The fourth-order valence-corrected chi connectivity index (χ4v) is 2.03. The van der Waals surface area contributed by atoms with E-state index < -0.39 is 11.5 Å². The van der Waals surface area contributed by atoms with Crippen LogP contribution in [-0.4, -0.2) is 17.6 Å². The van der Waals surface area contributed by atoms with E-state index in [9.17, 15) is 9.18 Å². The molecule has 1 heterocycles. The van der Waals surface area contributed by atoms with Crippen molar-refractivity contribution in [3.05, 3.63) is 60.2 Å². The summed E-state index contributed by atoms with van der Waals surface area (Å²) in [5.74, 6) is -0.820. The van der Waals surface area contributed by atoms with Crippen molar-refractivity contribution >= 4 is 11.7 Å². The maximum Gasteiger partial charge on any atom is 0.336 e. The lowest BCUT2D eigenvalue weighted by atomic mass is 9.93. The summed E-state index contributed by atoms with van der Waals surface area (Å²) >= 11 is 0. The van der Waals surface area contributed by atoms with Gasteiger partial charge in [-0.05, 0) is 38.1 Å². The smallest absolute Gasteiger partial charge is 0.336 e. The molecular formula is C16H17FN2O2. The molecule has 1 atom stereocenters. The van der Waals surface area contributed by atoms with Gasteiger partial charge in [0.1, 0.15) is 5.82 Å². The second-order valence-electron chi connectivity index (χ2n) is 4.72. The van der Waals surface area contributed by atoms with Gasteiger partial charge in [0.2, 0.25) is 0 Å². The van der Waals surface area contributed by atoms with Crippen LogP contribution in [0.4, 0.5) is 10.1 Å². The highest BCUT2D eigenvalue weighted by Gasteiger charge is 2.37. The van der Waals surface area contributed by atoms with Crippen LogP contribution in [0.15, 0.2) is 48.8 Å². The third-order valence-corrected chi connectivity index (χ3v) is 3.14. The summed E-state index contributed by atoms with van der Waals surface area (Å²) in [6.07, 6.45) is 3.21. The molecule has 1 unspecified atom stereocenters. The van der Waals surface area contributed by atoms with Crippen LogP contribution in [0.1, 0.15) is 19.4 Å². The number of carbonyl (C=O) groups is 1. The number of rotatable bonds is 5. The highest BCUT2D eigenvalue weighted by atomic mass is 19.1. The van der Waals surface area contributed by atoms with Crippen molar-refractivity contribution in [1.29, 1.82) is 0 Å². The number of hydrogen-bond donors (Lipinski definition) is 1. The van der Waals surface area contributed by atoms with Crippen molar-refractivity contribution in [1.82, 2.24) is 4.98 Å². The summed E-state index contributed by atoms with van der Waals surface area (Å²) in [5, 5.41) is 3.04. The number of benzene rings is 1. The Kier molecular flexibility index (Phi) is 4.52. The predicted octanol–water partition coefficient (Wildman–Crippen LogP) is 3.11. The zero-order chi connectivity index (χ0) is 15.3. The van der Waals surface area contributed by atoms with Crippen molar-refractivity contribution < 1.29 is 13.9 Å². The lowest BCUT2D eigenvalue weighted by Gasteiger charge is -2.29. The molecule has 1 N–H and O–H groups in total. The standard InChI is InChI=1S/C16H17FN2O2/c1-3-21-15(20)16(2,12-6-5-9-18-11-12)19-14-8-4-7-13(17)10-14/h4-11,19H,3H2,1-2H3. The Morgan fingerprint density at radius 2 is 2.19 bits per heavy atom. The summed E-state index contributed by atoms with van der Waals surface area (Å²) in [7, 11) is 0. The highest BCUT2D eigenvalue weighted by Crippen LogP contribution is 2.27. The number of ether oxygens (including phenoxy) is 1. The molecule has 0 saturated carbocycles. The van der Waals surface area contributed by atoms with Gasteiger partial charge in [0.25, 0.3) is 0 Å². The molecule has 1 aromatic carbocycles. The van der Waals surface area contributed by atoms with E-state index in [1.807, 2.05) is 0 Å². The minimum atomic E-state index is -1.14. The average Bonchev–Trinajstić information content (AvgIpc) is 2.48. The zero-order valence-corrected chi connectivity index (χ0v) is 12.0. The second kappa shape index (κ2) is 6.35. The Labute approximate surface area is 123 Å². The van der Waals surface area contributed by atoms with E-state index >= 15 is 0 Å². The van der Waals surface area contributed by atoms with Gasteiger partial charge in [-0.2, -0.15) is 0 Å². The number of esters is 1. The van der Waals surface area contributed by atoms with Crippen molar-refractivity contribution in [2.75, 3.05) is 11.9 Å². The van der Waals surface area contributed by atoms with Crippen LogP contribution >= 0.6 is 0 Å². The predicted molar refractivity (Wildman–Crippen MR) is 78.2 cm³/mol. The molecule has 0 saturated heterocycles. The Morgan fingerprint density at radius 1 is 1.38 bits per heavy atom. The molecule has 0 aliphatic rings. The monoisotopic (exact) mass is 288 g/mol. The lowest BCUT2D eigenvalue weighted by Crippen LogP contribution is -2.42. The zero-order valence-electron chi connectivity index (χ0n) is 12.0. The van der Waals surface area contributed by atoms with Gasteiger partial charge in [-0.1, -0.05) is 12.1 Å². The fourth-order valence-electron chi connectivity index (χ4n) is 2.03. The Balaban J connectivity index is 2.39. The van der Waals surface area contributed by atoms with Crippen LogP contribution in [0, 0.1) is 5.82 Å². The van der Waals surface area contributed by atoms with Crippen molar-refractivity contribution in [2.24, 2.45) is 0 Å². The van der Waals surface area contributed by atoms with Gasteiger partial charge in [-0.15, -0.1) is 0 Å². The second-order valence-corrected chi connectivity index (χ2v) is 4.72. The number of nitrogens with one attached hydrogen (secondary N) is 1. The maximum absolute atomic E-state index is 13.3. The Morgan fingerprint density at radius 3 is 2.81 bits per heavy atom. The quantitative estimate of drug-likeness (QED) is 0.859. The first-order valence-electron chi connectivity index (χ1n) is 6.67. The topological polar surface area (TPSA) is 51.2 Å². The molecule has 0 aliphatic carbocycles. The van der Waals surface area contributed by atoms with Gasteiger partial charge in [0, 0.05) is 23.6 Å². The molecule has 2 rings (SSSR count). The van der Waals surface area contributed by atoms with Crippen molar-refractivity contribution in [3.63, 3.8) is 0 Å². The minimum absolute atomic E-state index is 0.263. The molecule has 2 aromatic rings. The summed E-state index contributed by atoms with van der Waals surface area (Å²) in [6.45, 7) is 3.69. The first-order chi connectivity index (χ1) is 10.1. The van der Waals surface area contributed by atoms with Gasteiger partial charge >= 0.3 is 5.97 Å². The third-order valence-electron chi connectivity index (χ3n) is 3.14. The summed E-state index contributed by atoms with van der Waals surface area (Å²) in [5.41, 5.74) is 0.0000392. The highest BCUT2D eigenvalue weighted by molar-refractivity contribution is 5.85. The Bertz CT molecular complexity index is 619. The molecule has 21 heavy (non-hydrogen) atoms. The van der Waals surface area contributed by atoms with Crippen molar-refractivity contribution in [2.45, 2.75) is 19.4 Å². The normalized spacial score (nSPS) is 13.3. The first kappa shape index (κ1) is 15.0. The van der Waals surface area contributed by atoms with E-state index in [0.29, 0.717) is 11.3 Å². The van der Waals surface area contributed by atoms with Gasteiger partial charge in [0.05, 0.1) is 6.61 Å². The molecule has 0 radical (unpaired) electrons. The van der Waals surface area contributed by atoms with Crippen LogP contribution < -0.4 is 5.32 Å². The number of halogens is 1. The summed E-state index contributed by atoms with van der Waals surface area (Å²) < 4.78 is 18.5. The number of aromatic nitrogens is 1. The molecule has 0 fully saturated rings. The van der Waals surface area contributed by atoms with Crippen LogP contribution in [0.3, 0.4) is 0 Å². The van der Waals surface area contributed by atoms with E-state index in [1.165, 1.54) is 12.1 Å². The van der Waals surface area contributed by atoms with E-state index in [0.717, 1.165) is 0 Å². The maximum atomic E-state index is 13.3. The fraction of sp³-hybridized carbons (Fsp3) is 0.250. The molecule has 4 nitrogen and oxygen atoms in total. The number of hydrogen-bond acceptors (Lipinski definition) is 4. The van der Waals surface area contributed by atoms with Crippen molar-refractivity contribution in [3.8, 4) is 0 Å². The molecule has 0 spiro atoms. The van der Waals surface area contributed by atoms with Crippen LogP contribution in [0.5, 0.6) is 0 Å².